The van der Waals surface area contributed by atoms with Gasteiger partial charge in [0.1, 0.15) is 4.90 Å². The molecule has 0 unspecified atom stereocenters. The SMILES string of the molecule is Cc1[nH]ncc1S(=O)(=O)N(C)Cc1ccc(Br)cc1. The number of nitrogens with one attached hydrogen (secondary N) is 1. The van der Waals surface area contributed by atoms with Gasteiger partial charge in [0, 0.05) is 18.1 Å². The van der Waals surface area contributed by atoms with Crippen LogP contribution in [0.3, 0.4) is 0 Å². The van der Waals surface area contributed by atoms with Crippen molar-refractivity contribution >= 4 is 26.0 Å². The van der Waals surface area contributed by atoms with E-state index in [0.717, 1.165) is 10.0 Å². The number of aromatic amines is 1. The van der Waals surface area contributed by atoms with E-state index >= 15 is 0 Å². The minimum atomic E-state index is -3.51. The zero-order valence-electron chi connectivity index (χ0n) is 10.6. The second kappa shape index (κ2) is 5.44. The number of H-pyrrole nitrogens is 1. The summed E-state index contributed by atoms with van der Waals surface area (Å²) in [6, 6.07) is 7.55. The van der Waals surface area contributed by atoms with E-state index in [-0.39, 0.29) is 4.90 Å². The highest BCUT2D eigenvalue weighted by atomic mass is 79.9. The number of rotatable bonds is 4. The molecule has 2 aromatic rings. The standard InChI is InChI=1S/C12H14BrN3O2S/c1-9-12(7-14-15-9)19(17,18)16(2)8-10-3-5-11(13)6-4-10/h3-7H,8H2,1-2H3,(H,14,15). The van der Waals surface area contributed by atoms with Gasteiger partial charge in [-0.2, -0.15) is 9.40 Å². The first-order valence-corrected chi connectivity index (χ1v) is 7.85. The highest BCUT2D eigenvalue weighted by molar-refractivity contribution is 9.10. The van der Waals surface area contributed by atoms with Gasteiger partial charge in [-0.1, -0.05) is 28.1 Å². The lowest BCUT2D eigenvalue weighted by molar-refractivity contribution is 0.466. The van der Waals surface area contributed by atoms with Gasteiger partial charge in [-0.25, -0.2) is 8.42 Å². The van der Waals surface area contributed by atoms with Gasteiger partial charge < -0.3 is 0 Å². The zero-order valence-corrected chi connectivity index (χ0v) is 13.0. The molecular weight excluding hydrogens is 330 g/mol. The van der Waals surface area contributed by atoms with Crippen LogP contribution in [0.4, 0.5) is 0 Å². The number of nitrogens with zero attached hydrogens (tertiary/aromatic N) is 2. The summed E-state index contributed by atoms with van der Waals surface area (Å²) in [5, 5.41) is 6.39. The summed E-state index contributed by atoms with van der Waals surface area (Å²) >= 11 is 3.35. The molecule has 19 heavy (non-hydrogen) atoms. The fraction of sp³-hybridized carbons (Fsp3) is 0.250. The average Bonchev–Trinajstić information content (AvgIpc) is 2.79. The summed E-state index contributed by atoms with van der Waals surface area (Å²) < 4.78 is 27.0. The van der Waals surface area contributed by atoms with Crippen molar-refractivity contribution in [1.82, 2.24) is 14.5 Å². The predicted octanol–water partition coefficient (Wildman–Crippen LogP) is 2.30. The van der Waals surface area contributed by atoms with Crippen LogP contribution in [0, 0.1) is 6.92 Å². The molecule has 0 spiro atoms. The van der Waals surface area contributed by atoms with Crippen molar-refractivity contribution in [2.75, 3.05) is 7.05 Å². The lowest BCUT2D eigenvalue weighted by atomic mass is 10.2. The fourth-order valence-electron chi connectivity index (χ4n) is 1.70. The summed E-state index contributed by atoms with van der Waals surface area (Å²) in [5.41, 5.74) is 1.47. The van der Waals surface area contributed by atoms with Gasteiger partial charge >= 0.3 is 0 Å². The molecule has 1 N–H and O–H groups in total. The van der Waals surface area contributed by atoms with E-state index in [1.165, 1.54) is 10.5 Å². The van der Waals surface area contributed by atoms with E-state index in [4.69, 9.17) is 0 Å². The maximum atomic E-state index is 12.3. The van der Waals surface area contributed by atoms with Crippen LogP contribution in [-0.2, 0) is 16.6 Å². The van der Waals surface area contributed by atoms with Crippen molar-refractivity contribution in [3.8, 4) is 0 Å². The highest BCUT2D eigenvalue weighted by Gasteiger charge is 2.24. The van der Waals surface area contributed by atoms with E-state index in [1.54, 1.807) is 14.0 Å². The fourth-order valence-corrected chi connectivity index (χ4v) is 3.24. The summed E-state index contributed by atoms with van der Waals surface area (Å²) in [7, 11) is -1.95. The van der Waals surface area contributed by atoms with E-state index in [1.807, 2.05) is 24.3 Å². The van der Waals surface area contributed by atoms with Gasteiger partial charge in [-0.3, -0.25) is 5.10 Å². The van der Waals surface area contributed by atoms with Gasteiger partial charge in [0.15, 0.2) is 0 Å². The molecule has 7 heteroatoms. The van der Waals surface area contributed by atoms with Crippen LogP contribution in [0.5, 0.6) is 0 Å². The van der Waals surface area contributed by atoms with Gasteiger partial charge in [0.05, 0.1) is 11.9 Å². The third-order valence-electron chi connectivity index (χ3n) is 2.79. The molecule has 0 aliphatic rings. The van der Waals surface area contributed by atoms with Crippen molar-refractivity contribution in [2.45, 2.75) is 18.4 Å². The second-order valence-electron chi connectivity index (χ2n) is 4.25. The summed E-state index contributed by atoms with van der Waals surface area (Å²) in [6.07, 6.45) is 1.34. The molecule has 0 aliphatic heterocycles. The van der Waals surface area contributed by atoms with E-state index in [0.29, 0.717) is 12.2 Å². The molecule has 0 saturated heterocycles. The first kappa shape index (κ1) is 14.2. The van der Waals surface area contributed by atoms with Crippen LogP contribution in [0.2, 0.25) is 0 Å². The third kappa shape index (κ3) is 3.05. The molecule has 5 nitrogen and oxygen atoms in total. The number of sulfonamides is 1. The number of aromatic nitrogens is 2. The molecule has 2 rings (SSSR count). The van der Waals surface area contributed by atoms with E-state index in [9.17, 15) is 8.42 Å². The minimum absolute atomic E-state index is 0.215. The average molecular weight is 344 g/mol. The number of hydrogen-bond acceptors (Lipinski definition) is 3. The highest BCUT2D eigenvalue weighted by Crippen LogP contribution is 2.19. The largest absolute Gasteiger partial charge is 0.281 e. The molecule has 0 bridgehead atoms. The Hall–Kier alpha value is -1.18. The molecular formula is C12H14BrN3O2S. The van der Waals surface area contributed by atoms with Crippen molar-refractivity contribution in [2.24, 2.45) is 0 Å². The molecule has 0 fully saturated rings. The molecule has 0 aliphatic carbocycles. The summed E-state index contributed by atoms with van der Waals surface area (Å²) in [6.45, 7) is 2.01. The van der Waals surface area contributed by atoms with Crippen LogP contribution in [0.1, 0.15) is 11.3 Å². The Morgan fingerprint density at radius 3 is 2.47 bits per heavy atom. The molecule has 0 saturated carbocycles. The minimum Gasteiger partial charge on any atom is -0.281 e. The van der Waals surface area contributed by atoms with Gasteiger partial charge in [0.2, 0.25) is 10.0 Å². The van der Waals surface area contributed by atoms with Gasteiger partial charge in [-0.05, 0) is 24.6 Å². The maximum Gasteiger partial charge on any atom is 0.246 e. The Morgan fingerprint density at radius 2 is 1.95 bits per heavy atom. The molecule has 1 aromatic carbocycles. The third-order valence-corrected chi connectivity index (χ3v) is 5.24. The van der Waals surface area contributed by atoms with Crippen LogP contribution >= 0.6 is 15.9 Å². The number of aryl methyl sites for hydroxylation is 1. The maximum absolute atomic E-state index is 12.3. The summed E-state index contributed by atoms with van der Waals surface area (Å²) in [4.78, 5) is 0.215. The van der Waals surface area contributed by atoms with Gasteiger partial charge in [-0.15, -0.1) is 0 Å². The number of benzene rings is 1. The van der Waals surface area contributed by atoms with E-state index in [2.05, 4.69) is 26.1 Å². The predicted molar refractivity (Wildman–Crippen MR) is 76.1 cm³/mol. The van der Waals surface area contributed by atoms with E-state index < -0.39 is 10.0 Å². The van der Waals surface area contributed by atoms with Crippen LogP contribution < -0.4 is 0 Å². The summed E-state index contributed by atoms with van der Waals surface area (Å²) in [5.74, 6) is 0. The Balaban J connectivity index is 2.22. The Morgan fingerprint density at radius 1 is 1.32 bits per heavy atom. The van der Waals surface area contributed by atoms with Crippen LogP contribution in [0.25, 0.3) is 0 Å². The smallest absolute Gasteiger partial charge is 0.246 e. The molecule has 1 aromatic heterocycles. The molecule has 1 heterocycles. The van der Waals surface area contributed by atoms with Crippen molar-refractivity contribution in [1.29, 1.82) is 0 Å². The number of halogens is 1. The quantitative estimate of drug-likeness (QED) is 0.926. The zero-order chi connectivity index (χ0) is 14.0. The number of hydrogen-bond donors (Lipinski definition) is 1. The van der Waals surface area contributed by atoms with Crippen LogP contribution in [0.15, 0.2) is 39.8 Å². The molecule has 102 valence electrons. The topological polar surface area (TPSA) is 66.1 Å². The molecule has 0 atom stereocenters. The Kier molecular flexibility index (Phi) is 4.07. The normalized spacial score (nSPS) is 12.0. The Labute approximate surface area is 120 Å². The van der Waals surface area contributed by atoms with Gasteiger partial charge in [0.25, 0.3) is 0 Å². The monoisotopic (exact) mass is 343 g/mol. The van der Waals surface area contributed by atoms with Crippen molar-refractivity contribution in [3.63, 3.8) is 0 Å². The second-order valence-corrected chi connectivity index (χ2v) is 7.18. The van der Waals surface area contributed by atoms with Crippen molar-refractivity contribution in [3.05, 3.63) is 46.2 Å². The lowest BCUT2D eigenvalue weighted by Crippen LogP contribution is -2.26. The van der Waals surface area contributed by atoms with Crippen molar-refractivity contribution < 1.29 is 8.42 Å². The van der Waals surface area contributed by atoms with Crippen LogP contribution in [-0.4, -0.2) is 30.0 Å². The molecule has 0 amide bonds. The Bertz CT molecular complexity index is 665. The lowest BCUT2D eigenvalue weighted by Gasteiger charge is -2.16. The first-order valence-electron chi connectivity index (χ1n) is 5.62. The molecule has 0 radical (unpaired) electrons. The first-order chi connectivity index (χ1) is 8.91.